The summed E-state index contributed by atoms with van der Waals surface area (Å²) in [5, 5.41) is 10.1. The van der Waals surface area contributed by atoms with Crippen molar-refractivity contribution in [1.29, 1.82) is 0 Å². The maximum absolute atomic E-state index is 10.1. The number of halogens is 1. The standard InChI is InChI=1S/C9H14BrNO2/c1-2-4-9(12,6-11)8-7(10)3-5-13-8/h3,5,12H,2,4,6,11H2,1H3. The van der Waals surface area contributed by atoms with E-state index < -0.39 is 5.60 Å². The minimum absolute atomic E-state index is 0.174. The van der Waals surface area contributed by atoms with E-state index in [2.05, 4.69) is 15.9 Å². The minimum atomic E-state index is -1.03. The van der Waals surface area contributed by atoms with E-state index in [1.165, 1.54) is 6.26 Å². The van der Waals surface area contributed by atoms with Crippen molar-refractivity contribution < 1.29 is 9.52 Å². The number of hydrogen-bond acceptors (Lipinski definition) is 3. The lowest BCUT2D eigenvalue weighted by Crippen LogP contribution is -2.34. The Labute approximate surface area is 86.1 Å². The molecule has 1 heterocycles. The third kappa shape index (κ3) is 2.13. The van der Waals surface area contributed by atoms with Crippen LogP contribution in [0, 0.1) is 0 Å². The van der Waals surface area contributed by atoms with Crippen molar-refractivity contribution in [3.05, 3.63) is 22.6 Å². The van der Waals surface area contributed by atoms with Gasteiger partial charge in [0, 0.05) is 6.54 Å². The van der Waals surface area contributed by atoms with Crippen molar-refractivity contribution in [1.82, 2.24) is 0 Å². The molecule has 0 aliphatic heterocycles. The van der Waals surface area contributed by atoms with Gasteiger partial charge in [-0.1, -0.05) is 13.3 Å². The number of hydrogen-bond donors (Lipinski definition) is 2. The summed E-state index contributed by atoms with van der Waals surface area (Å²) in [6.07, 6.45) is 3.01. The maximum atomic E-state index is 10.1. The Balaban J connectivity index is 2.95. The SMILES string of the molecule is CCCC(O)(CN)c1occc1Br. The normalized spacial score (nSPS) is 15.7. The molecule has 0 bridgehead atoms. The second-order valence-corrected chi connectivity index (χ2v) is 3.94. The van der Waals surface area contributed by atoms with E-state index in [0.717, 1.165) is 10.9 Å². The molecule has 3 nitrogen and oxygen atoms in total. The third-order valence-corrected chi connectivity index (χ3v) is 2.67. The summed E-state index contributed by atoms with van der Waals surface area (Å²) in [4.78, 5) is 0. The zero-order chi connectivity index (χ0) is 9.90. The van der Waals surface area contributed by atoms with E-state index in [-0.39, 0.29) is 6.54 Å². The Kier molecular flexibility index (Phi) is 3.53. The van der Waals surface area contributed by atoms with Crippen molar-refractivity contribution in [3.8, 4) is 0 Å². The molecule has 74 valence electrons. The lowest BCUT2D eigenvalue weighted by molar-refractivity contribution is 0.0135. The molecule has 0 aliphatic rings. The summed E-state index contributed by atoms with van der Waals surface area (Å²) < 4.78 is 5.97. The van der Waals surface area contributed by atoms with Crippen molar-refractivity contribution in [2.45, 2.75) is 25.4 Å². The quantitative estimate of drug-likeness (QED) is 0.856. The molecular weight excluding hydrogens is 234 g/mol. The van der Waals surface area contributed by atoms with Crippen molar-refractivity contribution in [2.75, 3.05) is 6.54 Å². The molecule has 0 spiro atoms. The number of furan rings is 1. The molecule has 1 aromatic heterocycles. The molecule has 0 amide bonds. The van der Waals surface area contributed by atoms with Crippen LogP contribution in [-0.4, -0.2) is 11.7 Å². The summed E-state index contributed by atoms with van der Waals surface area (Å²) in [7, 11) is 0. The van der Waals surface area contributed by atoms with Crippen LogP contribution in [0.3, 0.4) is 0 Å². The number of aliphatic hydroxyl groups is 1. The smallest absolute Gasteiger partial charge is 0.150 e. The highest BCUT2D eigenvalue weighted by Gasteiger charge is 2.31. The average molecular weight is 248 g/mol. The third-order valence-electron chi connectivity index (χ3n) is 2.04. The molecule has 4 heteroatoms. The van der Waals surface area contributed by atoms with Gasteiger partial charge in [-0.15, -0.1) is 0 Å². The first-order valence-electron chi connectivity index (χ1n) is 4.30. The molecule has 1 aromatic rings. The van der Waals surface area contributed by atoms with Crippen LogP contribution in [0.1, 0.15) is 25.5 Å². The van der Waals surface area contributed by atoms with Crippen molar-refractivity contribution in [3.63, 3.8) is 0 Å². The van der Waals surface area contributed by atoms with E-state index in [4.69, 9.17) is 10.2 Å². The minimum Gasteiger partial charge on any atom is -0.465 e. The molecule has 3 N–H and O–H groups in total. The average Bonchev–Trinajstić information content (AvgIpc) is 2.52. The summed E-state index contributed by atoms with van der Waals surface area (Å²) >= 11 is 3.30. The second kappa shape index (κ2) is 4.26. The molecule has 0 saturated carbocycles. The lowest BCUT2D eigenvalue weighted by atomic mass is 9.95. The largest absolute Gasteiger partial charge is 0.465 e. The monoisotopic (exact) mass is 247 g/mol. The Hall–Kier alpha value is -0.320. The van der Waals surface area contributed by atoms with E-state index in [1.54, 1.807) is 6.07 Å². The predicted molar refractivity (Wildman–Crippen MR) is 54.3 cm³/mol. The van der Waals surface area contributed by atoms with E-state index >= 15 is 0 Å². The van der Waals surface area contributed by atoms with Crippen LogP contribution in [0.5, 0.6) is 0 Å². The summed E-state index contributed by atoms with van der Waals surface area (Å²) in [6.45, 7) is 2.17. The van der Waals surface area contributed by atoms with E-state index in [9.17, 15) is 5.11 Å². The van der Waals surface area contributed by atoms with E-state index in [0.29, 0.717) is 12.2 Å². The molecule has 0 saturated heterocycles. The molecule has 1 atom stereocenters. The molecule has 0 aliphatic carbocycles. The van der Waals surface area contributed by atoms with Crippen LogP contribution < -0.4 is 5.73 Å². The molecule has 0 aromatic carbocycles. The predicted octanol–water partition coefficient (Wildman–Crippen LogP) is 1.99. The summed E-state index contributed by atoms with van der Waals surface area (Å²) in [5.41, 5.74) is 4.49. The van der Waals surface area contributed by atoms with Gasteiger partial charge in [0.05, 0.1) is 10.7 Å². The fourth-order valence-corrected chi connectivity index (χ4v) is 1.92. The van der Waals surface area contributed by atoms with Gasteiger partial charge in [0.1, 0.15) is 5.60 Å². The van der Waals surface area contributed by atoms with Gasteiger partial charge >= 0.3 is 0 Å². The van der Waals surface area contributed by atoms with Gasteiger partial charge in [0.2, 0.25) is 0 Å². The highest BCUT2D eigenvalue weighted by Crippen LogP contribution is 2.32. The van der Waals surface area contributed by atoms with E-state index in [1.807, 2.05) is 6.92 Å². The Bertz CT molecular complexity index is 274. The van der Waals surface area contributed by atoms with Gasteiger partial charge in [0.15, 0.2) is 5.76 Å². The van der Waals surface area contributed by atoms with Crippen LogP contribution in [-0.2, 0) is 5.60 Å². The van der Waals surface area contributed by atoms with Crippen molar-refractivity contribution in [2.24, 2.45) is 5.73 Å². The highest BCUT2D eigenvalue weighted by molar-refractivity contribution is 9.10. The van der Waals surface area contributed by atoms with Gasteiger partial charge < -0.3 is 15.3 Å². The first-order valence-corrected chi connectivity index (χ1v) is 5.09. The Morgan fingerprint density at radius 3 is 2.77 bits per heavy atom. The van der Waals surface area contributed by atoms with Crippen LogP contribution in [0.25, 0.3) is 0 Å². The molecular formula is C9H14BrNO2. The molecule has 0 fully saturated rings. The second-order valence-electron chi connectivity index (χ2n) is 3.08. The summed E-state index contributed by atoms with van der Waals surface area (Å²) in [6, 6.07) is 1.76. The number of rotatable bonds is 4. The van der Waals surface area contributed by atoms with Gasteiger partial charge in [-0.25, -0.2) is 0 Å². The molecule has 1 unspecified atom stereocenters. The Morgan fingerprint density at radius 2 is 2.38 bits per heavy atom. The maximum Gasteiger partial charge on any atom is 0.150 e. The topological polar surface area (TPSA) is 59.4 Å². The van der Waals surface area contributed by atoms with Crippen LogP contribution in [0.4, 0.5) is 0 Å². The van der Waals surface area contributed by atoms with Crippen molar-refractivity contribution >= 4 is 15.9 Å². The molecule has 1 rings (SSSR count). The van der Waals surface area contributed by atoms with Crippen LogP contribution >= 0.6 is 15.9 Å². The summed E-state index contributed by atoms with van der Waals surface area (Å²) in [5.74, 6) is 0.525. The van der Waals surface area contributed by atoms with Gasteiger partial charge in [-0.2, -0.15) is 0 Å². The first-order chi connectivity index (χ1) is 6.14. The zero-order valence-corrected chi connectivity index (χ0v) is 9.17. The Morgan fingerprint density at radius 1 is 1.69 bits per heavy atom. The lowest BCUT2D eigenvalue weighted by Gasteiger charge is -2.23. The zero-order valence-electron chi connectivity index (χ0n) is 7.59. The van der Waals surface area contributed by atoms with Gasteiger partial charge in [0.25, 0.3) is 0 Å². The fraction of sp³-hybridized carbons (Fsp3) is 0.556. The highest BCUT2D eigenvalue weighted by atomic mass is 79.9. The van der Waals surface area contributed by atoms with Gasteiger partial charge in [-0.3, -0.25) is 0 Å². The van der Waals surface area contributed by atoms with Crippen LogP contribution in [0.2, 0.25) is 0 Å². The molecule has 13 heavy (non-hydrogen) atoms. The van der Waals surface area contributed by atoms with Crippen LogP contribution in [0.15, 0.2) is 21.2 Å². The number of nitrogens with two attached hydrogens (primary N) is 1. The first kappa shape index (κ1) is 10.8. The van der Waals surface area contributed by atoms with Gasteiger partial charge in [-0.05, 0) is 28.4 Å². The fourth-order valence-electron chi connectivity index (χ4n) is 1.35. The molecule has 0 radical (unpaired) electrons.